The highest BCUT2D eigenvalue weighted by Crippen LogP contribution is 2.74. The summed E-state index contributed by atoms with van der Waals surface area (Å²) in [6.07, 6.45) is 5.94. The highest BCUT2D eigenvalue weighted by atomic mass is 16.6. The number of carbonyl (C=O) groups is 2. The first-order valence-electron chi connectivity index (χ1n) is 9.91. The molecule has 0 aromatic rings. The fraction of sp³-hybridized carbons (Fsp3) is 0.810. The molecule has 0 aromatic heterocycles. The van der Waals surface area contributed by atoms with E-state index in [0.29, 0.717) is 25.6 Å². The zero-order valence-electron chi connectivity index (χ0n) is 14.9. The summed E-state index contributed by atoms with van der Waals surface area (Å²) in [7, 11) is 0. The van der Waals surface area contributed by atoms with Gasteiger partial charge in [-0.2, -0.15) is 0 Å². The summed E-state index contributed by atoms with van der Waals surface area (Å²) in [5.74, 6) is 0.782. The maximum Gasteiger partial charge on any atom is 0.181 e. The number of allylic oxidation sites excluding steroid dienone is 1. The van der Waals surface area contributed by atoms with Crippen LogP contribution < -0.4 is 0 Å². The average Bonchev–Trinajstić information content (AvgIpc) is 3.37. The van der Waals surface area contributed by atoms with Gasteiger partial charge in [0.25, 0.3) is 0 Å². The molecule has 0 amide bonds. The molecule has 25 heavy (non-hydrogen) atoms. The summed E-state index contributed by atoms with van der Waals surface area (Å²) in [6.45, 7) is 8.52. The Morgan fingerprint density at radius 1 is 1.12 bits per heavy atom. The number of carbonyl (C=O) groups excluding carboxylic acids is 2. The topological polar surface area (TPSA) is 55.9 Å². The zero-order valence-corrected chi connectivity index (χ0v) is 14.9. The summed E-state index contributed by atoms with van der Waals surface area (Å²) in [5.41, 5.74) is -0.829. The summed E-state index contributed by atoms with van der Waals surface area (Å²) in [5, 5.41) is 0. The van der Waals surface area contributed by atoms with Gasteiger partial charge in [-0.25, -0.2) is 0 Å². The van der Waals surface area contributed by atoms with Crippen LogP contribution in [0.3, 0.4) is 0 Å². The van der Waals surface area contributed by atoms with Crippen LogP contribution in [0, 0.1) is 34.0 Å². The van der Waals surface area contributed by atoms with Gasteiger partial charge in [0.2, 0.25) is 0 Å². The normalized spacial score (nSPS) is 58.9. The average molecular weight is 342 g/mol. The van der Waals surface area contributed by atoms with Gasteiger partial charge >= 0.3 is 0 Å². The number of epoxide rings is 1. The minimum absolute atomic E-state index is 0.00163. The molecule has 2 aliphatic heterocycles. The van der Waals surface area contributed by atoms with Crippen molar-refractivity contribution in [1.82, 2.24) is 0 Å². The van der Waals surface area contributed by atoms with Crippen molar-refractivity contribution in [3.8, 4) is 0 Å². The second kappa shape index (κ2) is 4.12. The van der Waals surface area contributed by atoms with Gasteiger partial charge in [-0.05, 0) is 54.9 Å². The van der Waals surface area contributed by atoms with E-state index in [9.17, 15) is 9.59 Å². The maximum absolute atomic E-state index is 13.7. The van der Waals surface area contributed by atoms with Crippen molar-refractivity contribution in [2.24, 2.45) is 34.0 Å². The fourth-order valence-corrected chi connectivity index (χ4v) is 8.23. The largest absolute Gasteiger partial charge is 0.380 e. The second-order valence-electron chi connectivity index (χ2n) is 10.0. The van der Waals surface area contributed by atoms with Gasteiger partial charge in [0.15, 0.2) is 17.2 Å². The van der Waals surface area contributed by atoms with Gasteiger partial charge < -0.3 is 9.47 Å². The van der Waals surface area contributed by atoms with E-state index >= 15 is 0 Å². The fourth-order valence-electron chi connectivity index (χ4n) is 8.23. The van der Waals surface area contributed by atoms with E-state index in [1.54, 1.807) is 0 Å². The van der Waals surface area contributed by atoms with Crippen LogP contribution in [-0.2, 0) is 19.1 Å². The lowest BCUT2D eigenvalue weighted by Gasteiger charge is -2.69. The minimum atomic E-state index is -0.863. The van der Waals surface area contributed by atoms with Crippen molar-refractivity contribution in [1.29, 1.82) is 0 Å². The molecular formula is C21H26O4. The van der Waals surface area contributed by atoms with Crippen LogP contribution >= 0.6 is 0 Å². The number of rotatable bonds is 0. The van der Waals surface area contributed by atoms with Crippen LogP contribution in [-0.4, -0.2) is 37.0 Å². The summed E-state index contributed by atoms with van der Waals surface area (Å²) in [4.78, 5) is 27.2. The molecule has 0 radical (unpaired) electrons. The van der Waals surface area contributed by atoms with E-state index in [0.717, 1.165) is 37.9 Å². The lowest BCUT2D eigenvalue weighted by molar-refractivity contribution is -0.230. The van der Waals surface area contributed by atoms with Crippen molar-refractivity contribution in [3.05, 3.63) is 12.2 Å². The smallest absolute Gasteiger partial charge is 0.181 e. The van der Waals surface area contributed by atoms with Gasteiger partial charge in [0, 0.05) is 11.3 Å². The Hall–Kier alpha value is -1.00. The SMILES string of the molecule is C=C1C(=O)[C@@]23CC[C@@H](CC2[C@@]24CCC[C@@](C)(COC2)C14)C1(CO1)C3=O. The minimum Gasteiger partial charge on any atom is -0.380 e. The number of ketones is 2. The second-order valence-corrected chi connectivity index (χ2v) is 10.0. The van der Waals surface area contributed by atoms with E-state index in [-0.39, 0.29) is 34.2 Å². The Bertz CT molecular complexity index is 722. The molecule has 4 heteroatoms. The van der Waals surface area contributed by atoms with Gasteiger partial charge in [-0.15, -0.1) is 0 Å². The Balaban J connectivity index is 1.58. The van der Waals surface area contributed by atoms with Crippen LogP contribution in [0.1, 0.15) is 45.4 Å². The number of Topliss-reactive ketones (excluding diaryl/α,β-unsaturated/α-hetero) is 2. The Labute approximate surface area is 148 Å². The first kappa shape index (κ1) is 15.1. The van der Waals surface area contributed by atoms with Crippen LogP contribution in [0.2, 0.25) is 0 Å². The lowest BCUT2D eigenvalue weighted by atomic mass is 9.34. The van der Waals surface area contributed by atoms with E-state index < -0.39 is 11.0 Å². The number of hydrogen-bond donors (Lipinski definition) is 0. The van der Waals surface area contributed by atoms with Crippen molar-refractivity contribution in [2.45, 2.75) is 51.0 Å². The first-order chi connectivity index (χ1) is 11.9. The number of fused-ring (bicyclic) bond motifs is 1. The summed E-state index contributed by atoms with van der Waals surface area (Å²) >= 11 is 0. The Morgan fingerprint density at radius 3 is 2.68 bits per heavy atom. The monoisotopic (exact) mass is 342 g/mol. The third-order valence-corrected chi connectivity index (χ3v) is 9.11. The summed E-state index contributed by atoms with van der Waals surface area (Å²) < 4.78 is 11.8. The molecule has 7 aliphatic rings. The molecule has 2 heterocycles. The quantitative estimate of drug-likeness (QED) is 0.386. The van der Waals surface area contributed by atoms with Crippen molar-refractivity contribution in [2.75, 3.05) is 19.8 Å². The highest BCUT2D eigenvalue weighted by Gasteiger charge is 2.80. The molecule has 5 saturated carbocycles. The third-order valence-electron chi connectivity index (χ3n) is 9.11. The van der Waals surface area contributed by atoms with Gasteiger partial charge in [0.1, 0.15) is 0 Å². The van der Waals surface area contributed by atoms with E-state index in [4.69, 9.17) is 9.47 Å². The number of hydrogen-bond acceptors (Lipinski definition) is 4. The van der Waals surface area contributed by atoms with Crippen LogP contribution in [0.25, 0.3) is 0 Å². The molecule has 2 saturated heterocycles. The predicted octanol–water partition coefficient (Wildman–Crippen LogP) is 2.70. The molecule has 7 fully saturated rings. The molecule has 0 N–H and O–H groups in total. The van der Waals surface area contributed by atoms with E-state index in [1.807, 2.05) is 0 Å². The van der Waals surface area contributed by atoms with Crippen molar-refractivity contribution in [3.63, 3.8) is 0 Å². The maximum atomic E-state index is 13.7. The highest BCUT2D eigenvalue weighted by molar-refractivity contribution is 6.19. The van der Waals surface area contributed by atoms with Gasteiger partial charge in [-0.3, -0.25) is 9.59 Å². The molecule has 7 rings (SSSR count). The van der Waals surface area contributed by atoms with E-state index in [1.165, 1.54) is 6.42 Å². The molecular weight excluding hydrogens is 316 g/mol. The van der Waals surface area contributed by atoms with Gasteiger partial charge in [-0.1, -0.05) is 19.9 Å². The molecule has 134 valence electrons. The van der Waals surface area contributed by atoms with E-state index in [2.05, 4.69) is 13.5 Å². The molecule has 2 spiro atoms. The summed E-state index contributed by atoms with van der Waals surface area (Å²) in [6, 6.07) is 0. The molecule has 4 bridgehead atoms. The molecule has 4 nitrogen and oxygen atoms in total. The first-order valence-corrected chi connectivity index (χ1v) is 9.91. The van der Waals surface area contributed by atoms with Crippen LogP contribution in [0.15, 0.2) is 12.2 Å². The molecule has 0 aromatic carbocycles. The molecule has 7 atom stereocenters. The van der Waals surface area contributed by atoms with Gasteiger partial charge in [0.05, 0.1) is 25.2 Å². The molecule has 5 aliphatic carbocycles. The number of ether oxygens (including phenoxy) is 2. The standard InChI is InChI=1S/C21H26O4/c1-12-15-18(2)5-3-6-19(15,10-24-9-18)14-8-13-4-7-20(14,16(12)22)17(23)21(13)11-25-21/h13-15H,1,3-11H2,2H3/t13-,14?,15?,18-,19+,20+,21?/m0/s1. The predicted molar refractivity (Wildman–Crippen MR) is 89.8 cm³/mol. The van der Waals surface area contributed by atoms with Crippen LogP contribution in [0.5, 0.6) is 0 Å². The van der Waals surface area contributed by atoms with Crippen molar-refractivity contribution < 1.29 is 19.1 Å². The zero-order chi connectivity index (χ0) is 17.2. The molecule has 3 unspecified atom stereocenters. The lowest BCUT2D eigenvalue weighted by Crippen LogP contribution is -2.73. The Kier molecular flexibility index (Phi) is 2.49. The third kappa shape index (κ3) is 1.37. The Morgan fingerprint density at radius 2 is 1.92 bits per heavy atom. The van der Waals surface area contributed by atoms with Crippen LogP contribution in [0.4, 0.5) is 0 Å². The van der Waals surface area contributed by atoms with Crippen molar-refractivity contribution >= 4 is 11.6 Å².